The van der Waals surface area contributed by atoms with Crippen molar-refractivity contribution in [1.29, 1.82) is 0 Å². The molecule has 1 aromatic carbocycles. The van der Waals surface area contributed by atoms with E-state index in [9.17, 15) is 4.79 Å². The van der Waals surface area contributed by atoms with Crippen LogP contribution < -0.4 is 0 Å². The van der Waals surface area contributed by atoms with Gasteiger partial charge in [-0.05, 0) is 5.56 Å². The van der Waals surface area contributed by atoms with Crippen LogP contribution in [0.4, 0.5) is 0 Å². The number of Topliss-reactive ketones (excluding diaryl/α,β-unsaturated/α-hetero) is 1. The number of hydrogen-bond donors (Lipinski definition) is 0. The summed E-state index contributed by atoms with van der Waals surface area (Å²) in [5.41, 5.74) is 1.33. The summed E-state index contributed by atoms with van der Waals surface area (Å²) in [5.74, 6) is 1.36. The molecule has 0 saturated heterocycles. The molecular weight excluding hydrogens is 204 g/mol. The van der Waals surface area contributed by atoms with Gasteiger partial charge in [-0.25, -0.2) is 0 Å². The van der Waals surface area contributed by atoms with Gasteiger partial charge in [0.05, 0.1) is 0 Å². The molecule has 0 spiro atoms. The molecule has 1 aromatic rings. The van der Waals surface area contributed by atoms with Gasteiger partial charge in [0.2, 0.25) is 0 Å². The molecule has 0 aliphatic carbocycles. The minimum atomic E-state index is 0.364. The van der Waals surface area contributed by atoms with Crippen LogP contribution in [0.25, 0.3) is 0 Å². The van der Waals surface area contributed by atoms with E-state index in [0.717, 1.165) is 5.75 Å². The number of benzene rings is 1. The Morgan fingerprint density at radius 1 is 1.33 bits per heavy atom. The van der Waals surface area contributed by atoms with Crippen molar-refractivity contribution in [2.45, 2.75) is 37.7 Å². The Hall–Kier alpha value is -0.760. The molecule has 0 aliphatic rings. The first-order chi connectivity index (χ1) is 7.22. The third-order valence-electron chi connectivity index (χ3n) is 2.29. The Morgan fingerprint density at radius 3 is 2.60 bits per heavy atom. The van der Waals surface area contributed by atoms with Crippen molar-refractivity contribution >= 4 is 17.5 Å². The molecule has 15 heavy (non-hydrogen) atoms. The summed E-state index contributed by atoms with van der Waals surface area (Å²) < 4.78 is 0. The first kappa shape index (κ1) is 12.3. The van der Waals surface area contributed by atoms with Gasteiger partial charge in [-0.2, -0.15) is 11.8 Å². The van der Waals surface area contributed by atoms with Crippen molar-refractivity contribution in [1.82, 2.24) is 0 Å². The molecule has 0 fully saturated rings. The maximum atomic E-state index is 11.2. The molecule has 0 N–H and O–H groups in total. The number of thioether (sulfide) groups is 1. The highest BCUT2D eigenvalue weighted by molar-refractivity contribution is 7.99. The second kappa shape index (κ2) is 6.67. The third kappa shape index (κ3) is 5.03. The number of rotatable bonds is 6. The Labute approximate surface area is 96.3 Å². The normalized spacial score (nSPS) is 12.4. The monoisotopic (exact) mass is 222 g/mol. The highest BCUT2D eigenvalue weighted by Gasteiger charge is 2.07. The second-order valence-electron chi connectivity index (χ2n) is 3.70. The molecule has 2 heteroatoms. The maximum absolute atomic E-state index is 11.2. The molecule has 0 aliphatic heterocycles. The number of carbonyl (C=O) groups excluding carboxylic acids is 1. The average Bonchev–Trinajstić information content (AvgIpc) is 2.27. The molecule has 1 atom stereocenters. The van der Waals surface area contributed by atoms with Gasteiger partial charge >= 0.3 is 0 Å². The predicted molar refractivity (Wildman–Crippen MR) is 67.1 cm³/mol. The van der Waals surface area contributed by atoms with Crippen LogP contribution in [-0.2, 0) is 10.5 Å². The number of hydrogen-bond acceptors (Lipinski definition) is 2. The summed E-state index contributed by atoms with van der Waals surface area (Å²) in [5, 5.41) is 0.428. The summed E-state index contributed by atoms with van der Waals surface area (Å²) in [6.07, 6.45) is 1.37. The fourth-order valence-electron chi connectivity index (χ4n) is 1.34. The molecule has 0 unspecified atom stereocenters. The van der Waals surface area contributed by atoms with Crippen LogP contribution in [0.5, 0.6) is 0 Å². The van der Waals surface area contributed by atoms with E-state index in [-0.39, 0.29) is 0 Å². The zero-order valence-electron chi connectivity index (χ0n) is 9.40. The van der Waals surface area contributed by atoms with E-state index in [1.54, 1.807) is 0 Å². The zero-order valence-corrected chi connectivity index (χ0v) is 10.2. The first-order valence-corrected chi connectivity index (χ1v) is 6.44. The van der Waals surface area contributed by atoms with E-state index in [0.29, 0.717) is 23.9 Å². The number of ketones is 1. The van der Waals surface area contributed by atoms with Crippen molar-refractivity contribution < 1.29 is 4.79 Å². The lowest BCUT2D eigenvalue weighted by Gasteiger charge is -2.09. The van der Waals surface area contributed by atoms with Gasteiger partial charge in [-0.1, -0.05) is 44.2 Å². The summed E-state index contributed by atoms with van der Waals surface area (Å²) >= 11 is 1.85. The molecule has 1 rings (SSSR count). The third-order valence-corrected chi connectivity index (χ3v) is 3.52. The zero-order chi connectivity index (χ0) is 11.1. The molecule has 0 aromatic heterocycles. The molecule has 0 radical (unpaired) electrons. The van der Waals surface area contributed by atoms with Crippen LogP contribution in [0.2, 0.25) is 0 Å². The summed E-state index contributed by atoms with van der Waals surface area (Å²) in [6.45, 7) is 4.05. The van der Waals surface area contributed by atoms with Crippen LogP contribution in [0.15, 0.2) is 30.3 Å². The first-order valence-electron chi connectivity index (χ1n) is 5.39. The van der Waals surface area contributed by atoms with Gasteiger partial charge in [0.25, 0.3) is 0 Å². The van der Waals surface area contributed by atoms with Gasteiger partial charge in [0.1, 0.15) is 5.78 Å². The average molecular weight is 222 g/mol. The fraction of sp³-hybridized carbons (Fsp3) is 0.462. The maximum Gasteiger partial charge on any atom is 0.133 e. The molecule has 0 amide bonds. The van der Waals surface area contributed by atoms with E-state index in [1.165, 1.54) is 5.56 Å². The lowest BCUT2D eigenvalue weighted by molar-refractivity contribution is -0.118. The standard InChI is InChI=1S/C13H18OS/c1-3-13(14)9-11(2)15-10-12-7-5-4-6-8-12/h4-8,11H,3,9-10H2,1-2H3/t11-/m0/s1. The Morgan fingerprint density at radius 2 is 2.00 bits per heavy atom. The predicted octanol–water partition coefficient (Wildman–Crippen LogP) is 3.68. The molecule has 0 saturated carbocycles. The van der Waals surface area contributed by atoms with Crippen LogP contribution in [0.3, 0.4) is 0 Å². The Kier molecular flexibility index (Phi) is 5.48. The van der Waals surface area contributed by atoms with Crippen LogP contribution in [0, 0.1) is 0 Å². The van der Waals surface area contributed by atoms with Gasteiger partial charge < -0.3 is 0 Å². The van der Waals surface area contributed by atoms with E-state index in [4.69, 9.17) is 0 Å². The summed E-state index contributed by atoms with van der Waals surface area (Å²) in [4.78, 5) is 11.2. The molecular formula is C13H18OS. The second-order valence-corrected chi connectivity index (χ2v) is 5.13. The van der Waals surface area contributed by atoms with Crippen molar-refractivity contribution in [3.63, 3.8) is 0 Å². The summed E-state index contributed by atoms with van der Waals surface area (Å²) in [7, 11) is 0. The summed E-state index contributed by atoms with van der Waals surface area (Å²) in [6, 6.07) is 10.4. The van der Waals surface area contributed by atoms with Crippen LogP contribution in [-0.4, -0.2) is 11.0 Å². The Bertz CT molecular complexity index is 295. The van der Waals surface area contributed by atoms with Crippen molar-refractivity contribution in [2.24, 2.45) is 0 Å². The quantitative estimate of drug-likeness (QED) is 0.730. The van der Waals surface area contributed by atoms with E-state index in [1.807, 2.05) is 24.8 Å². The van der Waals surface area contributed by atoms with E-state index < -0.39 is 0 Å². The van der Waals surface area contributed by atoms with E-state index in [2.05, 4.69) is 31.2 Å². The van der Waals surface area contributed by atoms with E-state index >= 15 is 0 Å². The molecule has 1 nitrogen and oxygen atoms in total. The van der Waals surface area contributed by atoms with Crippen LogP contribution in [0.1, 0.15) is 32.3 Å². The van der Waals surface area contributed by atoms with Crippen LogP contribution >= 0.6 is 11.8 Å². The lowest BCUT2D eigenvalue weighted by Crippen LogP contribution is -2.05. The highest BCUT2D eigenvalue weighted by atomic mass is 32.2. The van der Waals surface area contributed by atoms with Crippen molar-refractivity contribution in [3.05, 3.63) is 35.9 Å². The minimum absolute atomic E-state index is 0.364. The number of carbonyl (C=O) groups is 1. The Balaban J connectivity index is 2.28. The van der Waals surface area contributed by atoms with Crippen molar-refractivity contribution in [3.8, 4) is 0 Å². The minimum Gasteiger partial charge on any atom is -0.300 e. The fourth-order valence-corrected chi connectivity index (χ4v) is 2.31. The lowest BCUT2D eigenvalue weighted by atomic mass is 10.2. The molecule has 0 bridgehead atoms. The SMILES string of the molecule is CCC(=O)C[C@H](C)SCc1ccccc1. The topological polar surface area (TPSA) is 17.1 Å². The molecule has 82 valence electrons. The highest BCUT2D eigenvalue weighted by Crippen LogP contribution is 2.20. The van der Waals surface area contributed by atoms with Gasteiger partial charge in [-0.3, -0.25) is 4.79 Å². The molecule has 0 heterocycles. The van der Waals surface area contributed by atoms with Gasteiger partial charge in [-0.15, -0.1) is 0 Å². The van der Waals surface area contributed by atoms with Crippen molar-refractivity contribution in [2.75, 3.05) is 0 Å². The smallest absolute Gasteiger partial charge is 0.133 e. The van der Waals surface area contributed by atoms with Gasteiger partial charge in [0, 0.05) is 23.8 Å². The van der Waals surface area contributed by atoms with Gasteiger partial charge in [0.15, 0.2) is 0 Å². The largest absolute Gasteiger partial charge is 0.300 e.